The van der Waals surface area contributed by atoms with Gasteiger partial charge in [-0.2, -0.15) is 0 Å². The van der Waals surface area contributed by atoms with Crippen LogP contribution in [-0.4, -0.2) is 62.1 Å². The maximum Gasteiger partial charge on any atom is 0.223 e. The summed E-state index contributed by atoms with van der Waals surface area (Å²) in [5, 5.41) is 15.5. The first-order valence-corrected chi connectivity index (χ1v) is 10.3. The zero-order valence-corrected chi connectivity index (χ0v) is 17.2. The highest BCUT2D eigenvalue weighted by Gasteiger charge is 2.31. The molecule has 164 valence electrons. The zero-order valence-electron chi connectivity index (χ0n) is 17.2. The predicted octanol–water partition coefficient (Wildman–Crippen LogP) is 0.929. The van der Waals surface area contributed by atoms with Gasteiger partial charge < -0.3 is 30.0 Å². The molecule has 3 rings (SSSR count). The molecule has 1 aromatic carbocycles. The molecule has 2 aliphatic heterocycles. The van der Waals surface area contributed by atoms with Crippen LogP contribution in [0.5, 0.6) is 5.75 Å². The summed E-state index contributed by atoms with van der Waals surface area (Å²) < 4.78 is 16.3. The van der Waals surface area contributed by atoms with E-state index < -0.39 is 18.2 Å². The Hall–Kier alpha value is -2.42. The molecule has 0 unspecified atom stereocenters. The third-order valence-corrected chi connectivity index (χ3v) is 5.37. The van der Waals surface area contributed by atoms with E-state index in [1.807, 2.05) is 30.3 Å². The van der Waals surface area contributed by atoms with Gasteiger partial charge in [-0.05, 0) is 30.5 Å². The number of carbonyl (C=O) groups is 2. The molecule has 0 saturated carbocycles. The number of hydrogen-bond acceptors (Lipinski definition) is 6. The van der Waals surface area contributed by atoms with Gasteiger partial charge in [0.2, 0.25) is 11.8 Å². The molecule has 2 amide bonds. The standard InChI is InChI=1S/C22H30N2O6/c1-28-17-4-2-3-15(11-17)13-23-21(26)12-18-5-6-19(20(14-25)30-18)24-22(27)16-7-9-29-10-8-16/h2-6,11,16,18-20,25H,7-10,12-14H2,1H3,(H,23,26)(H,24,27)/t18-,19+,20+/m0/s1. The highest BCUT2D eigenvalue weighted by molar-refractivity contribution is 5.79. The van der Waals surface area contributed by atoms with Gasteiger partial charge in [0.05, 0.1) is 32.3 Å². The first-order chi connectivity index (χ1) is 14.6. The van der Waals surface area contributed by atoms with E-state index in [1.165, 1.54) is 0 Å². The van der Waals surface area contributed by atoms with Crippen molar-refractivity contribution in [2.24, 2.45) is 5.92 Å². The number of aliphatic hydroxyl groups is 1. The van der Waals surface area contributed by atoms with Crippen LogP contribution < -0.4 is 15.4 Å². The molecule has 0 spiro atoms. The zero-order chi connectivity index (χ0) is 21.3. The normalized spacial score (nSPS) is 24.3. The van der Waals surface area contributed by atoms with Crippen LogP contribution in [-0.2, 0) is 25.6 Å². The smallest absolute Gasteiger partial charge is 0.223 e. The van der Waals surface area contributed by atoms with Gasteiger partial charge in [-0.15, -0.1) is 0 Å². The van der Waals surface area contributed by atoms with Crippen molar-refractivity contribution in [1.29, 1.82) is 0 Å². The first-order valence-electron chi connectivity index (χ1n) is 10.3. The maximum absolute atomic E-state index is 12.4. The molecule has 8 nitrogen and oxygen atoms in total. The fraction of sp³-hybridized carbons (Fsp3) is 0.545. The molecular weight excluding hydrogens is 388 g/mol. The number of hydrogen-bond donors (Lipinski definition) is 3. The third kappa shape index (κ3) is 6.29. The molecule has 8 heteroatoms. The van der Waals surface area contributed by atoms with E-state index in [2.05, 4.69) is 10.6 Å². The van der Waals surface area contributed by atoms with Gasteiger partial charge in [0, 0.05) is 25.7 Å². The fourth-order valence-corrected chi connectivity index (χ4v) is 3.62. The summed E-state index contributed by atoms with van der Waals surface area (Å²) in [5.74, 6) is 0.449. The molecule has 1 aromatic rings. The van der Waals surface area contributed by atoms with Crippen LogP contribution in [0, 0.1) is 5.92 Å². The Kier molecular flexibility index (Phi) is 8.24. The first kappa shape index (κ1) is 22.3. The second-order valence-corrected chi connectivity index (χ2v) is 7.53. The third-order valence-electron chi connectivity index (χ3n) is 5.37. The van der Waals surface area contributed by atoms with Gasteiger partial charge in [-0.1, -0.05) is 24.3 Å². The summed E-state index contributed by atoms with van der Waals surface area (Å²) in [6.45, 7) is 1.32. The fourth-order valence-electron chi connectivity index (χ4n) is 3.62. The molecule has 0 aliphatic carbocycles. The minimum absolute atomic E-state index is 0.0514. The van der Waals surface area contributed by atoms with Crippen LogP contribution >= 0.6 is 0 Å². The maximum atomic E-state index is 12.4. The topological polar surface area (TPSA) is 106 Å². The number of carbonyl (C=O) groups excluding carboxylic acids is 2. The van der Waals surface area contributed by atoms with E-state index in [-0.39, 0.29) is 30.8 Å². The predicted molar refractivity (Wildman–Crippen MR) is 110 cm³/mol. The quantitative estimate of drug-likeness (QED) is 0.543. The number of rotatable bonds is 8. The SMILES string of the molecule is COc1cccc(CNC(=O)C[C@@H]2C=C[C@@H](NC(=O)C3CCOCC3)[C@@H](CO)O2)c1. The van der Waals surface area contributed by atoms with Gasteiger partial charge in [-0.3, -0.25) is 9.59 Å². The van der Waals surface area contributed by atoms with Crippen LogP contribution in [0.4, 0.5) is 0 Å². The second kappa shape index (κ2) is 11.1. The minimum Gasteiger partial charge on any atom is -0.497 e. The van der Waals surface area contributed by atoms with Crippen molar-refractivity contribution >= 4 is 11.8 Å². The van der Waals surface area contributed by atoms with Crippen molar-refractivity contribution in [2.45, 2.75) is 44.1 Å². The number of ether oxygens (including phenoxy) is 3. The van der Waals surface area contributed by atoms with Crippen molar-refractivity contribution in [3.8, 4) is 5.75 Å². The molecular formula is C22H30N2O6. The van der Waals surface area contributed by atoms with E-state index in [4.69, 9.17) is 14.2 Å². The van der Waals surface area contributed by atoms with E-state index in [0.29, 0.717) is 32.6 Å². The summed E-state index contributed by atoms with van der Waals surface area (Å²) in [5.41, 5.74) is 0.937. The average molecular weight is 418 g/mol. The Morgan fingerprint density at radius 2 is 2.03 bits per heavy atom. The minimum atomic E-state index is -0.588. The Morgan fingerprint density at radius 1 is 1.23 bits per heavy atom. The van der Waals surface area contributed by atoms with Crippen LogP contribution in [0.2, 0.25) is 0 Å². The van der Waals surface area contributed by atoms with Crippen molar-refractivity contribution in [2.75, 3.05) is 26.9 Å². The number of aliphatic hydroxyl groups excluding tert-OH is 1. The Balaban J connectivity index is 1.48. The summed E-state index contributed by atoms with van der Waals surface area (Å²) in [6.07, 6.45) is 4.07. The lowest BCUT2D eigenvalue weighted by Gasteiger charge is -2.33. The van der Waals surface area contributed by atoms with Crippen molar-refractivity contribution < 1.29 is 28.9 Å². The van der Waals surface area contributed by atoms with Gasteiger partial charge in [0.15, 0.2) is 0 Å². The Morgan fingerprint density at radius 3 is 2.77 bits per heavy atom. The number of nitrogens with one attached hydrogen (secondary N) is 2. The summed E-state index contributed by atoms with van der Waals surface area (Å²) in [7, 11) is 1.60. The van der Waals surface area contributed by atoms with Crippen molar-refractivity contribution in [3.05, 3.63) is 42.0 Å². The van der Waals surface area contributed by atoms with E-state index in [0.717, 1.165) is 11.3 Å². The lowest BCUT2D eigenvalue weighted by Crippen LogP contribution is -2.50. The summed E-state index contributed by atoms with van der Waals surface area (Å²) >= 11 is 0. The van der Waals surface area contributed by atoms with Gasteiger partial charge in [0.1, 0.15) is 11.9 Å². The lowest BCUT2D eigenvalue weighted by atomic mass is 9.97. The van der Waals surface area contributed by atoms with E-state index in [1.54, 1.807) is 13.2 Å². The molecule has 2 aliphatic rings. The molecule has 3 atom stereocenters. The van der Waals surface area contributed by atoms with E-state index >= 15 is 0 Å². The molecule has 1 saturated heterocycles. The Bertz CT molecular complexity index is 747. The van der Waals surface area contributed by atoms with Crippen LogP contribution in [0.25, 0.3) is 0 Å². The number of amides is 2. The molecule has 30 heavy (non-hydrogen) atoms. The van der Waals surface area contributed by atoms with Gasteiger partial charge in [0.25, 0.3) is 0 Å². The monoisotopic (exact) mass is 418 g/mol. The van der Waals surface area contributed by atoms with Crippen LogP contribution in [0.15, 0.2) is 36.4 Å². The molecule has 3 N–H and O–H groups in total. The molecule has 1 fully saturated rings. The summed E-state index contributed by atoms with van der Waals surface area (Å²) in [6, 6.07) is 7.08. The largest absolute Gasteiger partial charge is 0.497 e. The van der Waals surface area contributed by atoms with Gasteiger partial charge >= 0.3 is 0 Å². The van der Waals surface area contributed by atoms with Gasteiger partial charge in [-0.25, -0.2) is 0 Å². The van der Waals surface area contributed by atoms with Crippen molar-refractivity contribution in [1.82, 2.24) is 10.6 Å². The van der Waals surface area contributed by atoms with Crippen LogP contribution in [0.3, 0.4) is 0 Å². The number of benzene rings is 1. The molecule has 2 heterocycles. The average Bonchev–Trinajstić information content (AvgIpc) is 2.79. The summed E-state index contributed by atoms with van der Waals surface area (Å²) in [4.78, 5) is 24.7. The molecule has 0 radical (unpaired) electrons. The Labute approximate surface area is 176 Å². The van der Waals surface area contributed by atoms with Crippen LogP contribution in [0.1, 0.15) is 24.8 Å². The lowest BCUT2D eigenvalue weighted by molar-refractivity contribution is -0.132. The van der Waals surface area contributed by atoms with Crippen molar-refractivity contribution in [3.63, 3.8) is 0 Å². The molecule has 0 aromatic heterocycles. The highest BCUT2D eigenvalue weighted by atomic mass is 16.5. The second-order valence-electron chi connectivity index (χ2n) is 7.53. The molecule has 0 bridgehead atoms. The highest BCUT2D eigenvalue weighted by Crippen LogP contribution is 2.19. The van der Waals surface area contributed by atoms with E-state index in [9.17, 15) is 14.7 Å². The number of methoxy groups -OCH3 is 1.